The first-order valence-electron chi connectivity index (χ1n) is 10.7. The van der Waals surface area contributed by atoms with Gasteiger partial charge in [0.05, 0.1) is 23.6 Å². The summed E-state index contributed by atoms with van der Waals surface area (Å²) in [6.07, 6.45) is 2.45. The van der Waals surface area contributed by atoms with Gasteiger partial charge in [0.1, 0.15) is 23.0 Å². The zero-order chi connectivity index (χ0) is 23.1. The fourth-order valence-electron chi connectivity index (χ4n) is 4.14. The number of aromatic nitrogens is 1. The molecule has 6 nitrogen and oxygen atoms in total. The number of anilines is 1. The first kappa shape index (κ1) is 20.9. The van der Waals surface area contributed by atoms with Crippen molar-refractivity contribution in [2.45, 2.75) is 26.3 Å². The van der Waals surface area contributed by atoms with Gasteiger partial charge in [-0.25, -0.2) is 9.37 Å². The van der Waals surface area contributed by atoms with Crippen molar-refractivity contribution in [1.82, 2.24) is 4.98 Å². The third kappa shape index (κ3) is 3.55. The summed E-state index contributed by atoms with van der Waals surface area (Å²) in [6.45, 7) is 4.45. The van der Waals surface area contributed by atoms with Gasteiger partial charge in [0.15, 0.2) is 5.43 Å². The smallest absolute Gasteiger partial charge is 0.296 e. The van der Waals surface area contributed by atoms with Gasteiger partial charge < -0.3 is 9.15 Å². The Kier molecular flexibility index (Phi) is 5.17. The third-order valence-corrected chi connectivity index (χ3v) is 5.63. The van der Waals surface area contributed by atoms with E-state index >= 15 is 0 Å². The molecular weight excluding hydrogens is 423 g/mol. The van der Waals surface area contributed by atoms with E-state index in [-0.39, 0.29) is 22.3 Å². The van der Waals surface area contributed by atoms with E-state index in [0.717, 1.165) is 18.1 Å². The lowest BCUT2D eigenvalue weighted by Crippen LogP contribution is -2.30. The van der Waals surface area contributed by atoms with E-state index in [0.29, 0.717) is 23.7 Å². The highest BCUT2D eigenvalue weighted by Crippen LogP contribution is 2.41. The Hall–Kier alpha value is -4.00. The van der Waals surface area contributed by atoms with Crippen molar-refractivity contribution in [3.05, 3.63) is 99.3 Å². The number of hydrogen-bond donors (Lipinski definition) is 0. The molecule has 0 radical (unpaired) electrons. The lowest BCUT2D eigenvalue weighted by atomic mass is 9.98. The first-order valence-corrected chi connectivity index (χ1v) is 10.7. The monoisotopic (exact) mass is 444 g/mol. The molecule has 0 fully saturated rings. The van der Waals surface area contributed by atoms with E-state index in [4.69, 9.17) is 9.15 Å². The molecule has 3 heterocycles. The van der Waals surface area contributed by atoms with Crippen molar-refractivity contribution >= 4 is 22.7 Å². The van der Waals surface area contributed by atoms with Crippen LogP contribution in [-0.2, 0) is 0 Å². The molecule has 33 heavy (non-hydrogen) atoms. The molecule has 2 aromatic carbocycles. The number of amides is 1. The third-order valence-electron chi connectivity index (χ3n) is 5.63. The van der Waals surface area contributed by atoms with E-state index in [1.54, 1.807) is 18.3 Å². The summed E-state index contributed by atoms with van der Waals surface area (Å²) in [5, 5.41) is 0.0870. The summed E-state index contributed by atoms with van der Waals surface area (Å²) in [6, 6.07) is 13.8. The van der Waals surface area contributed by atoms with E-state index in [9.17, 15) is 14.0 Å². The van der Waals surface area contributed by atoms with Crippen molar-refractivity contribution in [3.8, 4) is 5.75 Å². The molecular formula is C26H21FN2O4. The van der Waals surface area contributed by atoms with Crippen molar-refractivity contribution in [3.63, 3.8) is 0 Å². The molecule has 0 saturated heterocycles. The van der Waals surface area contributed by atoms with Gasteiger partial charge >= 0.3 is 0 Å². The molecule has 1 amide bonds. The van der Waals surface area contributed by atoms with Gasteiger partial charge in [0.2, 0.25) is 5.76 Å². The summed E-state index contributed by atoms with van der Waals surface area (Å²) >= 11 is 0. The zero-order valence-corrected chi connectivity index (χ0v) is 18.2. The Balaban J connectivity index is 1.77. The van der Waals surface area contributed by atoms with Crippen LogP contribution in [0.1, 0.15) is 46.6 Å². The summed E-state index contributed by atoms with van der Waals surface area (Å²) in [4.78, 5) is 32.9. The molecule has 0 bridgehead atoms. The molecule has 0 N–H and O–H groups in total. The number of carbonyl (C=O) groups excluding carboxylic acids is 1. The molecule has 2 aromatic heterocycles. The highest BCUT2D eigenvalue weighted by molar-refractivity contribution is 6.10. The van der Waals surface area contributed by atoms with Crippen LogP contribution in [0.3, 0.4) is 0 Å². The van der Waals surface area contributed by atoms with Crippen molar-refractivity contribution < 1.29 is 18.3 Å². The van der Waals surface area contributed by atoms with E-state index < -0.39 is 23.2 Å². The number of pyridine rings is 1. The minimum absolute atomic E-state index is 0.0627. The van der Waals surface area contributed by atoms with Crippen LogP contribution in [0.15, 0.2) is 70.0 Å². The molecule has 0 saturated carbocycles. The SMILES string of the molecule is CCCOc1cccc([C@@H]2c3c(oc4ccc(F)cc4c3=O)C(=O)N2c2cc(C)ccn2)c1. The lowest BCUT2D eigenvalue weighted by Gasteiger charge is -2.24. The van der Waals surface area contributed by atoms with Crippen LogP contribution in [0.4, 0.5) is 10.2 Å². The quantitative estimate of drug-likeness (QED) is 0.424. The molecule has 5 rings (SSSR count). The summed E-state index contributed by atoms with van der Waals surface area (Å²) < 4.78 is 25.6. The lowest BCUT2D eigenvalue weighted by molar-refractivity contribution is 0.0970. The minimum atomic E-state index is -0.795. The van der Waals surface area contributed by atoms with Gasteiger partial charge in [-0.15, -0.1) is 0 Å². The molecule has 1 atom stereocenters. The number of rotatable bonds is 5. The maximum absolute atomic E-state index is 13.9. The molecule has 0 spiro atoms. The molecule has 0 unspecified atom stereocenters. The molecule has 4 aromatic rings. The highest BCUT2D eigenvalue weighted by Gasteiger charge is 2.44. The second-order valence-corrected chi connectivity index (χ2v) is 8.00. The van der Waals surface area contributed by atoms with Gasteiger partial charge in [-0.3, -0.25) is 14.5 Å². The number of aryl methyl sites for hydroxylation is 1. The molecule has 166 valence electrons. The van der Waals surface area contributed by atoms with Crippen molar-refractivity contribution in [1.29, 1.82) is 0 Å². The highest BCUT2D eigenvalue weighted by atomic mass is 19.1. The number of ether oxygens (including phenoxy) is 1. The van der Waals surface area contributed by atoms with Gasteiger partial charge in [0, 0.05) is 6.20 Å². The predicted octanol–water partition coefficient (Wildman–Crippen LogP) is 5.17. The summed E-state index contributed by atoms with van der Waals surface area (Å²) in [5.41, 5.74) is 1.45. The largest absolute Gasteiger partial charge is 0.494 e. The minimum Gasteiger partial charge on any atom is -0.494 e. The van der Waals surface area contributed by atoms with E-state index in [1.165, 1.54) is 17.0 Å². The van der Waals surface area contributed by atoms with Crippen LogP contribution >= 0.6 is 0 Å². The fourth-order valence-corrected chi connectivity index (χ4v) is 4.14. The van der Waals surface area contributed by atoms with Crippen molar-refractivity contribution in [2.75, 3.05) is 11.5 Å². The number of benzene rings is 2. The average molecular weight is 444 g/mol. The maximum atomic E-state index is 13.9. The van der Waals surface area contributed by atoms with Gasteiger partial charge in [-0.2, -0.15) is 0 Å². The molecule has 7 heteroatoms. The number of nitrogens with zero attached hydrogens (tertiary/aromatic N) is 2. The number of fused-ring (bicyclic) bond motifs is 2. The van der Waals surface area contributed by atoms with Crippen LogP contribution in [0.2, 0.25) is 0 Å². The second-order valence-electron chi connectivity index (χ2n) is 8.00. The summed E-state index contributed by atoms with van der Waals surface area (Å²) in [7, 11) is 0. The number of halogens is 1. The first-order chi connectivity index (χ1) is 16.0. The normalized spacial score (nSPS) is 15.2. The fraction of sp³-hybridized carbons (Fsp3) is 0.192. The topological polar surface area (TPSA) is 72.6 Å². The van der Waals surface area contributed by atoms with Crippen LogP contribution in [-0.4, -0.2) is 17.5 Å². The zero-order valence-electron chi connectivity index (χ0n) is 18.2. The van der Waals surface area contributed by atoms with Crippen LogP contribution < -0.4 is 15.1 Å². The number of carbonyl (C=O) groups is 1. The van der Waals surface area contributed by atoms with Crippen molar-refractivity contribution in [2.24, 2.45) is 0 Å². The Morgan fingerprint density at radius 3 is 2.76 bits per heavy atom. The predicted molar refractivity (Wildman–Crippen MR) is 122 cm³/mol. The maximum Gasteiger partial charge on any atom is 0.296 e. The van der Waals surface area contributed by atoms with Crippen LogP contribution in [0.5, 0.6) is 5.75 Å². The molecule has 1 aliphatic rings. The Bertz CT molecular complexity index is 1450. The molecule has 1 aliphatic heterocycles. The summed E-state index contributed by atoms with van der Waals surface area (Å²) in [5.74, 6) is -0.0686. The Labute approximate surface area is 189 Å². The van der Waals surface area contributed by atoms with Gasteiger partial charge in [0.25, 0.3) is 5.91 Å². The number of hydrogen-bond acceptors (Lipinski definition) is 5. The van der Waals surface area contributed by atoms with Crippen LogP contribution in [0, 0.1) is 12.7 Å². The van der Waals surface area contributed by atoms with E-state index in [2.05, 4.69) is 4.98 Å². The van der Waals surface area contributed by atoms with Gasteiger partial charge in [-0.1, -0.05) is 19.1 Å². The Morgan fingerprint density at radius 1 is 1.12 bits per heavy atom. The van der Waals surface area contributed by atoms with E-state index in [1.807, 2.05) is 38.1 Å². The van der Waals surface area contributed by atoms with Gasteiger partial charge in [-0.05, 0) is 66.9 Å². The Morgan fingerprint density at radius 2 is 1.97 bits per heavy atom. The second kappa shape index (κ2) is 8.16. The molecule has 0 aliphatic carbocycles. The average Bonchev–Trinajstić information content (AvgIpc) is 3.11. The standard InChI is InChI=1S/C26H21FN2O4/c1-3-11-32-18-6-4-5-16(13-18)23-22-24(30)19-14-17(27)7-8-20(19)33-25(22)26(31)29(23)21-12-15(2)9-10-28-21/h4-10,12-14,23H,3,11H2,1-2H3/t23-/m1/s1. The van der Waals surface area contributed by atoms with Crippen LogP contribution in [0.25, 0.3) is 11.0 Å².